The second-order valence-corrected chi connectivity index (χ2v) is 4.20. The van der Waals surface area contributed by atoms with Gasteiger partial charge in [0, 0.05) is 0 Å². The van der Waals surface area contributed by atoms with E-state index in [4.69, 9.17) is 0 Å². The summed E-state index contributed by atoms with van der Waals surface area (Å²) >= 11 is 0. The monoisotopic (exact) mass is 192 g/mol. The smallest absolute Gasteiger partial charge is 0.119 e. The van der Waals surface area contributed by atoms with E-state index < -0.39 is 0 Å². The van der Waals surface area contributed by atoms with Crippen LogP contribution in [0, 0.1) is 13.8 Å². The van der Waals surface area contributed by atoms with Crippen LogP contribution in [0.2, 0.25) is 0 Å². The number of rotatable bonds is 3. The number of hydrogen-bond donors (Lipinski definition) is 1. The van der Waals surface area contributed by atoms with Gasteiger partial charge in [0.05, 0.1) is 0 Å². The predicted molar refractivity (Wildman–Crippen MR) is 60.9 cm³/mol. The van der Waals surface area contributed by atoms with Crippen molar-refractivity contribution in [3.63, 3.8) is 0 Å². The molecule has 1 nitrogen and oxygen atoms in total. The molecule has 0 heterocycles. The van der Waals surface area contributed by atoms with Crippen molar-refractivity contribution < 1.29 is 5.11 Å². The van der Waals surface area contributed by atoms with Crippen LogP contribution in [0.4, 0.5) is 0 Å². The summed E-state index contributed by atoms with van der Waals surface area (Å²) in [5.74, 6) is 0.920. The first kappa shape index (κ1) is 11.1. The van der Waals surface area contributed by atoms with Gasteiger partial charge in [0.2, 0.25) is 0 Å². The van der Waals surface area contributed by atoms with Crippen molar-refractivity contribution in [2.75, 3.05) is 0 Å². The molecule has 0 aromatic heterocycles. The summed E-state index contributed by atoms with van der Waals surface area (Å²) in [6, 6.07) is 4.00. The molecule has 0 radical (unpaired) electrons. The standard InChI is InChI=1S/C13H20O/c1-5-6-10(3)13-11(4)7-9(2)8-12(13)14/h7-8,10,14H,5-6H2,1-4H3. The van der Waals surface area contributed by atoms with Crippen LogP contribution >= 0.6 is 0 Å². The third-order valence-electron chi connectivity index (χ3n) is 2.72. The lowest BCUT2D eigenvalue weighted by Crippen LogP contribution is -1.97. The zero-order valence-electron chi connectivity index (χ0n) is 9.59. The van der Waals surface area contributed by atoms with Crippen LogP contribution in [0.1, 0.15) is 49.3 Å². The highest BCUT2D eigenvalue weighted by molar-refractivity contribution is 5.44. The van der Waals surface area contributed by atoms with Crippen LogP contribution in [0.15, 0.2) is 12.1 Å². The fourth-order valence-electron chi connectivity index (χ4n) is 2.17. The highest BCUT2D eigenvalue weighted by atomic mass is 16.3. The van der Waals surface area contributed by atoms with Gasteiger partial charge < -0.3 is 5.11 Å². The summed E-state index contributed by atoms with van der Waals surface area (Å²) in [5.41, 5.74) is 3.47. The Hall–Kier alpha value is -0.980. The molecule has 1 aromatic carbocycles. The lowest BCUT2D eigenvalue weighted by Gasteiger charge is -2.16. The molecule has 1 N–H and O–H groups in total. The molecular weight excluding hydrogens is 172 g/mol. The molecule has 1 rings (SSSR count). The van der Waals surface area contributed by atoms with E-state index in [9.17, 15) is 5.11 Å². The van der Waals surface area contributed by atoms with Gasteiger partial charge in [0.15, 0.2) is 0 Å². The Balaban J connectivity index is 3.07. The Morgan fingerprint density at radius 1 is 1.29 bits per heavy atom. The third-order valence-corrected chi connectivity index (χ3v) is 2.72. The van der Waals surface area contributed by atoms with Crippen molar-refractivity contribution in [3.05, 3.63) is 28.8 Å². The van der Waals surface area contributed by atoms with Crippen molar-refractivity contribution in [1.29, 1.82) is 0 Å². The number of benzene rings is 1. The van der Waals surface area contributed by atoms with Gasteiger partial charge in [-0.25, -0.2) is 0 Å². The molecule has 1 atom stereocenters. The molecule has 0 aliphatic heterocycles. The topological polar surface area (TPSA) is 20.2 Å². The van der Waals surface area contributed by atoms with Crippen LogP contribution in [0.5, 0.6) is 5.75 Å². The lowest BCUT2D eigenvalue weighted by atomic mass is 9.91. The van der Waals surface area contributed by atoms with Gasteiger partial charge in [-0.05, 0) is 48.9 Å². The molecule has 0 bridgehead atoms. The molecule has 0 aliphatic carbocycles. The largest absolute Gasteiger partial charge is 0.508 e. The van der Waals surface area contributed by atoms with Crippen LogP contribution in [0.3, 0.4) is 0 Å². The Kier molecular flexibility index (Phi) is 3.56. The number of hydrogen-bond acceptors (Lipinski definition) is 1. The molecular formula is C13H20O. The lowest BCUT2D eigenvalue weighted by molar-refractivity contribution is 0.458. The van der Waals surface area contributed by atoms with Crippen LogP contribution in [-0.2, 0) is 0 Å². The van der Waals surface area contributed by atoms with E-state index in [1.54, 1.807) is 0 Å². The Morgan fingerprint density at radius 3 is 2.43 bits per heavy atom. The van der Waals surface area contributed by atoms with Crippen LogP contribution < -0.4 is 0 Å². The molecule has 1 aromatic rings. The number of aromatic hydroxyl groups is 1. The fraction of sp³-hybridized carbons (Fsp3) is 0.538. The van der Waals surface area contributed by atoms with Gasteiger partial charge in [-0.1, -0.05) is 26.3 Å². The molecule has 1 heteroatoms. The molecule has 0 saturated heterocycles. The second kappa shape index (κ2) is 4.50. The van der Waals surface area contributed by atoms with Gasteiger partial charge in [0.25, 0.3) is 0 Å². The van der Waals surface area contributed by atoms with Gasteiger partial charge >= 0.3 is 0 Å². The number of phenols is 1. The van der Waals surface area contributed by atoms with Crippen molar-refractivity contribution in [2.45, 2.75) is 46.5 Å². The average Bonchev–Trinajstić information content (AvgIpc) is 2.01. The highest BCUT2D eigenvalue weighted by Crippen LogP contribution is 2.32. The van der Waals surface area contributed by atoms with E-state index in [-0.39, 0.29) is 0 Å². The first-order chi connectivity index (χ1) is 6.56. The van der Waals surface area contributed by atoms with E-state index in [2.05, 4.69) is 26.8 Å². The normalized spacial score (nSPS) is 12.9. The summed E-state index contributed by atoms with van der Waals surface area (Å²) in [4.78, 5) is 0. The van der Waals surface area contributed by atoms with E-state index in [0.717, 1.165) is 24.0 Å². The number of aryl methyl sites for hydroxylation is 2. The van der Waals surface area contributed by atoms with Gasteiger partial charge in [0.1, 0.15) is 5.75 Å². The van der Waals surface area contributed by atoms with E-state index >= 15 is 0 Å². The third kappa shape index (κ3) is 2.28. The van der Waals surface area contributed by atoms with Crippen molar-refractivity contribution >= 4 is 0 Å². The first-order valence-corrected chi connectivity index (χ1v) is 5.36. The molecule has 14 heavy (non-hydrogen) atoms. The predicted octanol–water partition coefficient (Wildman–Crippen LogP) is 3.91. The summed E-state index contributed by atoms with van der Waals surface area (Å²) in [5, 5.41) is 9.87. The maximum Gasteiger partial charge on any atom is 0.119 e. The molecule has 78 valence electrons. The SMILES string of the molecule is CCCC(C)c1c(C)cc(C)cc1O. The summed E-state index contributed by atoms with van der Waals surface area (Å²) in [6.07, 6.45) is 2.30. The fourth-order valence-corrected chi connectivity index (χ4v) is 2.17. The Labute approximate surface area is 86.8 Å². The summed E-state index contributed by atoms with van der Waals surface area (Å²) in [7, 11) is 0. The summed E-state index contributed by atoms with van der Waals surface area (Å²) < 4.78 is 0. The van der Waals surface area contributed by atoms with Gasteiger partial charge in [-0.2, -0.15) is 0 Å². The second-order valence-electron chi connectivity index (χ2n) is 4.20. The minimum absolute atomic E-state index is 0.459. The molecule has 0 amide bonds. The van der Waals surface area contributed by atoms with Crippen molar-refractivity contribution in [1.82, 2.24) is 0 Å². The minimum atomic E-state index is 0.459. The van der Waals surface area contributed by atoms with E-state index in [1.165, 1.54) is 5.56 Å². The molecule has 1 unspecified atom stereocenters. The molecule has 0 fully saturated rings. The highest BCUT2D eigenvalue weighted by Gasteiger charge is 2.12. The van der Waals surface area contributed by atoms with Gasteiger partial charge in [-0.15, -0.1) is 0 Å². The van der Waals surface area contributed by atoms with Crippen molar-refractivity contribution in [2.24, 2.45) is 0 Å². The van der Waals surface area contributed by atoms with E-state index in [1.807, 2.05) is 13.0 Å². The average molecular weight is 192 g/mol. The Morgan fingerprint density at radius 2 is 1.93 bits per heavy atom. The zero-order valence-corrected chi connectivity index (χ0v) is 9.59. The molecule has 0 saturated carbocycles. The molecule has 0 spiro atoms. The maximum absolute atomic E-state index is 9.87. The van der Waals surface area contributed by atoms with Crippen molar-refractivity contribution in [3.8, 4) is 5.75 Å². The zero-order chi connectivity index (χ0) is 10.7. The quantitative estimate of drug-likeness (QED) is 0.769. The Bertz CT molecular complexity index is 292. The first-order valence-electron chi connectivity index (χ1n) is 5.36. The minimum Gasteiger partial charge on any atom is -0.508 e. The van der Waals surface area contributed by atoms with E-state index in [0.29, 0.717) is 11.7 Å². The summed E-state index contributed by atoms with van der Waals surface area (Å²) in [6.45, 7) is 8.45. The van der Waals surface area contributed by atoms with Gasteiger partial charge in [-0.3, -0.25) is 0 Å². The molecule has 0 aliphatic rings. The van der Waals surface area contributed by atoms with Crippen LogP contribution in [-0.4, -0.2) is 5.11 Å². The van der Waals surface area contributed by atoms with Crippen LogP contribution in [0.25, 0.3) is 0 Å². The number of phenolic OH excluding ortho intramolecular Hbond substituents is 1. The maximum atomic E-state index is 9.87.